The van der Waals surface area contributed by atoms with Crippen LogP contribution in [0.5, 0.6) is 0 Å². The van der Waals surface area contributed by atoms with Gasteiger partial charge in [-0.2, -0.15) is 0 Å². The molecule has 32 heavy (non-hydrogen) atoms. The number of benzene rings is 2. The predicted molar refractivity (Wildman–Crippen MR) is 131 cm³/mol. The molecule has 0 aromatic heterocycles. The van der Waals surface area contributed by atoms with Crippen molar-refractivity contribution in [1.29, 1.82) is 0 Å². The Hall–Kier alpha value is -1.64. The van der Waals surface area contributed by atoms with Crippen molar-refractivity contribution in [1.82, 2.24) is 15.6 Å². The Kier molecular flexibility index (Phi) is 6.45. The zero-order valence-corrected chi connectivity index (χ0v) is 21.8. The van der Waals surface area contributed by atoms with E-state index >= 15 is 0 Å². The summed E-state index contributed by atoms with van der Waals surface area (Å²) in [5.41, 5.74) is 11.4. The van der Waals surface area contributed by atoms with Gasteiger partial charge in [0.2, 0.25) is 0 Å². The maximum atomic E-state index is 6.59. The number of aliphatic imine (C=N–C) groups is 1. The molecule has 5 rings (SSSR count). The number of nitrogens with zero attached hydrogens (tertiary/aromatic N) is 2. The van der Waals surface area contributed by atoms with Gasteiger partial charge in [-0.15, -0.1) is 0 Å². The molecule has 0 spiro atoms. The number of alkyl halides is 1. The van der Waals surface area contributed by atoms with E-state index in [0.717, 1.165) is 32.5 Å². The van der Waals surface area contributed by atoms with Gasteiger partial charge < -0.3 is 0 Å². The molecule has 0 bridgehead atoms. The van der Waals surface area contributed by atoms with Crippen LogP contribution in [0.2, 0.25) is 10.0 Å². The fourth-order valence-corrected chi connectivity index (χ4v) is 7.37. The monoisotopic (exact) mass is 663 g/mol. The van der Waals surface area contributed by atoms with E-state index in [4.69, 9.17) is 39.8 Å². The van der Waals surface area contributed by atoms with Gasteiger partial charge in [0.15, 0.2) is 0 Å². The molecule has 2 aliphatic heterocycles. The van der Waals surface area contributed by atoms with Gasteiger partial charge in [-0.25, -0.2) is 0 Å². The van der Waals surface area contributed by atoms with Crippen LogP contribution in [-0.2, 0) is 16.5 Å². The van der Waals surface area contributed by atoms with Gasteiger partial charge in [-0.1, -0.05) is 0 Å². The first kappa shape index (κ1) is 22.2. The second kappa shape index (κ2) is 9.31. The third-order valence-electron chi connectivity index (χ3n) is 5.35. The summed E-state index contributed by atoms with van der Waals surface area (Å²) in [6, 6.07) is 15.5. The van der Waals surface area contributed by atoms with Crippen molar-refractivity contribution in [3.05, 3.63) is 87.6 Å². The SMILES string of the molecule is CN1[C]2=[Os]=[C](NNc3ccccc3Cl)NC2N=C(c2ccccc2Cl)C2=C1C=CC(Cl)C2. The zero-order chi connectivity index (χ0) is 22.2. The summed E-state index contributed by atoms with van der Waals surface area (Å²) in [7, 11) is 2.11. The van der Waals surface area contributed by atoms with E-state index in [2.05, 4.69) is 34.2 Å². The molecule has 2 atom stereocenters. The average Bonchev–Trinajstić information content (AvgIpc) is 3.15. The van der Waals surface area contributed by atoms with Crippen molar-refractivity contribution in [2.75, 3.05) is 12.5 Å². The molecule has 0 fully saturated rings. The molecule has 1 aliphatic carbocycles. The molecule has 2 aromatic rings. The van der Waals surface area contributed by atoms with Crippen molar-refractivity contribution in [2.45, 2.75) is 18.0 Å². The van der Waals surface area contributed by atoms with Gasteiger partial charge in [0.1, 0.15) is 0 Å². The van der Waals surface area contributed by atoms with Gasteiger partial charge in [-0.3, -0.25) is 0 Å². The number of nitrogens with one attached hydrogen (secondary N) is 3. The van der Waals surface area contributed by atoms with Crippen LogP contribution in [0.25, 0.3) is 0 Å². The van der Waals surface area contributed by atoms with E-state index in [1.165, 1.54) is 4.19 Å². The van der Waals surface area contributed by atoms with Crippen LogP contribution in [0.3, 0.4) is 0 Å². The van der Waals surface area contributed by atoms with Crippen LogP contribution in [0.15, 0.2) is 76.9 Å². The van der Waals surface area contributed by atoms with Crippen molar-refractivity contribution >= 4 is 54.7 Å². The van der Waals surface area contributed by atoms with Crippen LogP contribution in [0, 0.1) is 0 Å². The summed E-state index contributed by atoms with van der Waals surface area (Å²) < 4.78 is 2.33. The minimum absolute atomic E-state index is 0.0633. The second-order valence-corrected chi connectivity index (χ2v) is 12.0. The summed E-state index contributed by atoms with van der Waals surface area (Å²) in [5, 5.41) is 4.84. The maximum absolute atomic E-state index is 6.59. The number of hydrogen-bond acceptors (Lipinski definition) is 5. The summed E-state index contributed by atoms with van der Waals surface area (Å²) in [6.07, 6.45) is 4.71. The normalized spacial score (nSPS) is 22.5. The van der Waals surface area contributed by atoms with Gasteiger partial charge in [0.05, 0.1) is 0 Å². The molecule has 2 aromatic carbocycles. The Labute approximate surface area is 208 Å². The standard InChI is InChI=1S/C23H20Cl3N5.Os/c1-31-13-22(27-14-28-30-20-9-5-4-8-19(20)26)29-23(16-6-2-3-7-18(16)25)17-12-15(24)10-11-21(17)31;/h2-11,15,22,27-28,30H,12H2,1H3;. The van der Waals surface area contributed by atoms with Crippen LogP contribution in [-0.4, -0.2) is 37.7 Å². The van der Waals surface area contributed by atoms with Crippen molar-refractivity contribution in [2.24, 2.45) is 4.99 Å². The Balaban J connectivity index is 1.53. The van der Waals surface area contributed by atoms with Gasteiger partial charge >= 0.3 is 210 Å². The van der Waals surface area contributed by atoms with Gasteiger partial charge in [-0.05, 0) is 0 Å². The summed E-state index contributed by atoms with van der Waals surface area (Å²) in [6.45, 7) is 0. The molecule has 0 saturated heterocycles. The first-order chi connectivity index (χ1) is 15.5. The second-order valence-electron chi connectivity index (χ2n) is 7.44. The van der Waals surface area contributed by atoms with Crippen molar-refractivity contribution < 1.29 is 16.5 Å². The molecular weight excluding hydrogens is 643 g/mol. The number of para-hydroxylation sites is 1. The molecule has 0 radical (unpaired) electrons. The predicted octanol–water partition coefficient (Wildman–Crippen LogP) is 4.40. The molecule has 2 unspecified atom stereocenters. The molecule has 3 aliphatic rings. The number of hydrogen-bond donors (Lipinski definition) is 3. The van der Waals surface area contributed by atoms with E-state index in [1.807, 2.05) is 54.6 Å². The first-order valence-corrected chi connectivity index (χ1v) is 13.8. The molecule has 166 valence electrons. The topological polar surface area (TPSA) is 51.7 Å². The first-order valence-electron chi connectivity index (χ1n) is 10.0. The molecule has 3 N–H and O–H groups in total. The molecule has 9 heteroatoms. The third-order valence-corrected chi connectivity index (χ3v) is 9.83. The van der Waals surface area contributed by atoms with Crippen molar-refractivity contribution in [3.8, 4) is 0 Å². The number of fused-ring (bicyclic) bond motifs is 1. The van der Waals surface area contributed by atoms with Crippen molar-refractivity contribution in [3.63, 3.8) is 0 Å². The van der Waals surface area contributed by atoms with E-state index in [0.29, 0.717) is 16.5 Å². The Bertz CT molecular complexity index is 1250. The average molecular weight is 663 g/mol. The van der Waals surface area contributed by atoms with E-state index in [9.17, 15) is 0 Å². The van der Waals surface area contributed by atoms with E-state index in [-0.39, 0.29) is 11.5 Å². The summed E-state index contributed by atoms with van der Waals surface area (Å²) in [4.78, 5) is 7.45. The number of allylic oxidation sites excluding steroid dienone is 3. The fraction of sp³-hybridized carbons (Fsp3) is 0.174. The van der Waals surface area contributed by atoms with E-state index < -0.39 is 16.5 Å². The molecule has 5 nitrogen and oxygen atoms in total. The number of hydrazine groups is 1. The van der Waals surface area contributed by atoms with Crippen LogP contribution >= 0.6 is 34.8 Å². The minimum atomic E-state index is -0.816. The quantitative estimate of drug-likeness (QED) is 0.336. The Morgan fingerprint density at radius 2 is 1.81 bits per heavy atom. The number of likely N-dealkylation sites (N-methyl/N-ethyl adjacent to an activating group) is 1. The zero-order valence-electron chi connectivity index (χ0n) is 17.0. The van der Waals surface area contributed by atoms with E-state index in [1.54, 1.807) is 0 Å². The molecule has 0 amide bonds. The van der Waals surface area contributed by atoms with Gasteiger partial charge in [0, 0.05) is 0 Å². The molecule has 2 heterocycles. The number of rotatable bonds is 4. The molecule has 0 saturated carbocycles. The number of anilines is 1. The Morgan fingerprint density at radius 1 is 1.06 bits per heavy atom. The Morgan fingerprint density at radius 3 is 2.59 bits per heavy atom. The summed E-state index contributed by atoms with van der Waals surface area (Å²) in [5.74, 6) is 0. The van der Waals surface area contributed by atoms with Crippen LogP contribution < -0.4 is 16.2 Å². The summed E-state index contributed by atoms with van der Waals surface area (Å²) >= 11 is 18.6. The fourth-order valence-electron chi connectivity index (χ4n) is 3.81. The van der Waals surface area contributed by atoms with Crippen LogP contribution in [0.1, 0.15) is 12.0 Å². The molecular formula is C23H20Cl3N5Os. The third kappa shape index (κ3) is 4.29. The number of halogens is 3. The van der Waals surface area contributed by atoms with Crippen LogP contribution in [0.4, 0.5) is 5.69 Å². The van der Waals surface area contributed by atoms with Gasteiger partial charge in [0.25, 0.3) is 0 Å².